The van der Waals surface area contributed by atoms with Gasteiger partial charge in [0, 0.05) is 48.1 Å². The number of thioether (sulfide) groups is 1. The molecule has 0 N–H and O–H groups in total. The van der Waals surface area contributed by atoms with E-state index in [1.807, 2.05) is 36.4 Å². The quantitative estimate of drug-likeness (QED) is 0.243. The van der Waals surface area contributed by atoms with Crippen LogP contribution in [0, 0.1) is 6.92 Å². The summed E-state index contributed by atoms with van der Waals surface area (Å²) in [6, 6.07) is 15.9. The maximum absolute atomic E-state index is 5.41. The van der Waals surface area contributed by atoms with Crippen LogP contribution in [-0.2, 0) is 6.42 Å². The van der Waals surface area contributed by atoms with Crippen molar-refractivity contribution in [3.8, 4) is 28.5 Å². The number of aryl methyl sites for hydroxylation is 2. The number of rotatable bonds is 8. The number of nitrogens with zero attached hydrogens (tertiary/aromatic N) is 7. The standard InChI is InChI=1S/C24H21N7OS/c1-17-5-2-3-6-20(17)31-23(19-10-14-26-15-11-19)28-29-24(31)33-16-4-7-21-27-22(30-32-21)18-8-12-25-13-9-18/h2-3,5-6,8-15H,4,7,16H2,1H3. The van der Waals surface area contributed by atoms with E-state index in [0.29, 0.717) is 18.1 Å². The van der Waals surface area contributed by atoms with Gasteiger partial charge in [0.05, 0.1) is 5.69 Å². The zero-order valence-electron chi connectivity index (χ0n) is 18.0. The predicted octanol–water partition coefficient (Wildman–Crippen LogP) is 4.81. The average Bonchev–Trinajstić information content (AvgIpc) is 3.51. The first kappa shape index (κ1) is 21.0. The van der Waals surface area contributed by atoms with Crippen LogP contribution in [0.2, 0.25) is 0 Å². The molecule has 0 atom stereocenters. The highest BCUT2D eigenvalue weighted by Gasteiger charge is 2.17. The Morgan fingerprint density at radius 2 is 1.61 bits per heavy atom. The van der Waals surface area contributed by atoms with Crippen molar-refractivity contribution in [2.45, 2.75) is 24.9 Å². The van der Waals surface area contributed by atoms with Gasteiger partial charge >= 0.3 is 0 Å². The molecule has 0 saturated heterocycles. The molecule has 0 radical (unpaired) electrons. The van der Waals surface area contributed by atoms with Gasteiger partial charge in [0.25, 0.3) is 0 Å². The fraction of sp³-hybridized carbons (Fsp3) is 0.167. The first-order valence-electron chi connectivity index (χ1n) is 10.6. The molecule has 8 nitrogen and oxygen atoms in total. The molecular weight excluding hydrogens is 434 g/mol. The first-order chi connectivity index (χ1) is 16.3. The second kappa shape index (κ2) is 9.74. The monoisotopic (exact) mass is 455 g/mol. The van der Waals surface area contributed by atoms with Gasteiger partial charge in [-0.1, -0.05) is 35.1 Å². The third kappa shape index (κ3) is 4.68. The zero-order chi connectivity index (χ0) is 22.5. The van der Waals surface area contributed by atoms with Gasteiger partial charge in [-0.25, -0.2) is 0 Å². The average molecular weight is 456 g/mol. The summed E-state index contributed by atoms with van der Waals surface area (Å²) in [7, 11) is 0. The number of aromatic nitrogens is 7. The fourth-order valence-corrected chi connectivity index (χ4v) is 4.33. The van der Waals surface area contributed by atoms with Crippen LogP contribution in [0.5, 0.6) is 0 Å². The lowest BCUT2D eigenvalue weighted by molar-refractivity contribution is 0.378. The van der Waals surface area contributed by atoms with Gasteiger partial charge in [-0.2, -0.15) is 4.98 Å². The summed E-state index contributed by atoms with van der Waals surface area (Å²) in [6.07, 6.45) is 8.53. The lowest BCUT2D eigenvalue weighted by atomic mass is 10.2. The molecule has 164 valence electrons. The van der Waals surface area contributed by atoms with Crippen LogP contribution in [0.25, 0.3) is 28.5 Å². The molecule has 0 aliphatic rings. The number of hydrogen-bond acceptors (Lipinski definition) is 8. The molecule has 4 aromatic heterocycles. The third-order valence-corrected chi connectivity index (χ3v) is 6.12. The van der Waals surface area contributed by atoms with Crippen LogP contribution in [-0.4, -0.2) is 40.6 Å². The van der Waals surface area contributed by atoms with E-state index in [-0.39, 0.29) is 0 Å². The number of hydrogen-bond donors (Lipinski definition) is 0. The molecule has 0 fully saturated rings. The van der Waals surface area contributed by atoms with Crippen LogP contribution < -0.4 is 0 Å². The van der Waals surface area contributed by atoms with Crippen LogP contribution >= 0.6 is 11.8 Å². The Morgan fingerprint density at radius 3 is 2.36 bits per heavy atom. The topological polar surface area (TPSA) is 95.4 Å². The molecular formula is C24H21N7OS. The molecule has 5 aromatic rings. The van der Waals surface area contributed by atoms with E-state index in [0.717, 1.165) is 45.5 Å². The van der Waals surface area contributed by atoms with Gasteiger partial charge in [-0.15, -0.1) is 10.2 Å². The molecule has 0 aliphatic heterocycles. The number of pyridine rings is 2. The number of para-hydroxylation sites is 1. The van der Waals surface area contributed by atoms with Crippen molar-refractivity contribution in [2.75, 3.05) is 5.75 Å². The summed E-state index contributed by atoms with van der Waals surface area (Å²) in [5.41, 5.74) is 4.09. The van der Waals surface area contributed by atoms with Gasteiger partial charge < -0.3 is 4.52 Å². The van der Waals surface area contributed by atoms with Gasteiger partial charge in [-0.05, 0) is 49.2 Å². The molecule has 0 spiro atoms. The SMILES string of the molecule is Cc1ccccc1-n1c(SCCCc2nc(-c3ccncc3)no2)nnc1-c1ccncc1. The summed E-state index contributed by atoms with van der Waals surface area (Å²) < 4.78 is 7.53. The van der Waals surface area contributed by atoms with Crippen molar-refractivity contribution in [1.82, 2.24) is 34.9 Å². The van der Waals surface area contributed by atoms with E-state index in [1.165, 1.54) is 0 Å². The van der Waals surface area contributed by atoms with Crippen molar-refractivity contribution in [3.05, 3.63) is 84.8 Å². The van der Waals surface area contributed by atoms with E-state index >= 15 is 0 Å². The molecule has 9 heteroatoms. The Labute approximate surface area is 195 Å². The molecule has 5 rings (SSSR count). The van der Waals surface area contributed by atoms with Crippen LogP contribution in [0.1, 0.15) is 17.9 Å². The molecule has 4 heterocycles. The summed E-state index contributed by atoms with van der Waals surface area (Å²) >= 11 is 1.66. The minimum Gasteiger partial charge on any atom is -0.339 e. The van der Waals surface area contributed by atoms with Crippen molar-refractivity contribution in [1.29, 1.82) is 0 Å². The Kier molecular flexibility index (Phi) is 6.21. The van der Waals surface area contributed by atoms with Crippen molar-refractivity contribution in [3.63, 3.8) is 0 Å². The van der Waals surface area contributed by atoms with Crippen LogP contribution in [0.15, 0.2) is 83.0 Å². The summed E-state index contributed by atoms with van der Waals surface area (Å²) in [4.78, 5) is 12.6. The highest BCUT2D eigenvalue weighted by molar-refractivity contribution is 7.99. The maximum atomic E-state index is 5.41. The van der Waals surface area contributed by atoms with Gasteiger partial charge in [-0.3, -0.25) is 14.5 Å². The highest BCUT2D eigenvalue weighted by Crippen LogP contribution is 2.29. The van der Waals surface area contributed by atoms with Crippen molar-refractivity contribution in [2.24, 2.45) is 0 Å². The minimum atomic E-state index is 0.585. The summed E-state index contributed by atoms with van der Waals surface area (Å²) in [5.74, 6) is 2.85. The number of benzene rings is 1. The zero-order valence-corrected chi connectivity index (χ0v) is 18.8. The lowest BCUT2D eigenvalue weighted by Gasteiger charge is -2.12. The molecule has 0 amide bonds. The van der Waals surface area contributed by atoms with E-state index in [2.05, 4.69) is 53.9 Å². The predicted molar refractivity (Wildman–Crippen MR) is 126 cm³/mol. The second-order valence-electron chi connectivity index (χ2n) is 7.36. The van der Waals surface area contributed by atoms with Crippen LogP contribution in [0.4, 0.5) is 0 Å². The molecule has 1 aromatic carbocycles. The summed E-state index contributed by atoms with van der Waals surface area (Å²) in [5, 5.41) is 13.9. The van der Waals surface area contributed by atoms with Gasteiger partial charge in [0.1, 0.15) is 0 Å². The Bertz CT molecular complexity index is 1340. The molecule has 0 bridgehead atoms. The Hall–Kier alpha value is -3.85. The van der Waals surface area contributed by atoms with E-state index in [1.54, 1.807) is 36.5 Å². The fourth-order valence-electron chi connectivity index (χ4n) is 3.44. The van der Waals surface area contributed by atoms with Gasteiger partial charge in [0.15, 0.2) is 11.0 Å². The third-order valence-electron chi connectivity index (χ3n) is 5.10. The molecule has 0 aliphatic carbocycles. The smallest absolute Gasteiger partial charge is 0.226 e. The largest absolute Gasteiger partial charge is 0.339 e. The van der Waals surface area contributed by atoms with Crippen molar-refractivity contribution < 1.29 is 4.52 Å². The highest BCUT2D eigenvalue weighted by atomic mass is 32.2. The Morgan fingerprint density at radius 1 is 0.879 bits per heavy atom. The lowest BCUT2D eigenvalue weighted by Crippen LogP contribution is -2.02. The van der Waals surface area contributed by atoms with E-state index < -0.39 is 0 Å². The minimum absolute atomic E-state index is 0.585. The van der Waals surface area contributed by atoms with E-state index in [9.17, 15) is 0 Å². The normalized spacial score (nSPS) is 11.1. The molecule has 0 saturated carbocycles. The van der Waals surface area contributed by atoms with E-state index in [4.69, 9.17) is 4.52 Å². The van der Waals surface area contributed by atoms with Crippen LogP contribution in [0.3, 0.4) is 0 Å². The molecule has 0 unspecified atom stereocenters. The summed E-state index contributed by atoms with van der Waals surface area (Å²) in [6.45, 7) is 2.09. The van der Waals surface area contributed by atoms with Crippen molar-refractivity contribution >= 4 is 11.8 Å². The first-order valence-corrected chi connectivity index (χ1v) is 11.6. The molecule has 33 heavy (non-hydrogen) atoms. The Balaban J connectivity index is 1.31. The van der Waals surface area contributed by atoms with Gasteiger partial charge in [0.2, 0.25) is 11.7 Å². The second-order valence-corrected chi connectivity index (χ2v) is 8.43. The maximum Gasteiger partial charge on any atom is 0.226 e.